The monoisotopic (exact) mass is 315 g/mol. The van der Waals surface area contributed by atoms with E-state index < -0.39 is 5.97 Å². The van der Waals surface area contributed by atoms with E-state index in [0.29, 0.717) is 18.0 Å². The number of carboxylic acid groups (broad SMARTS) is 1. The summed E-state index contributed by atoms with van der Waals surface area (Å²) in [6, 6.07) is 3.64. The maximum atomic E-state index is 12.0. The number of aromatic nitrogens is 2. The quantitative estimate of drug-likeness (QED) is 0.903. The predicted molar refractivity (Wildman–Crippen MR) is 82.9 cm³/mol. The number of aryl methyl sites for hydroxylation is 1. The number of carbonyl (C=O) groups excluding carboxylic acids is 1. The minimum Gasteiger partial charge on any atom is -0.480 e. The molecule has 0 bridgehead atoms. The SMILES string of the molecule is C/C(=C\c1ccco1)C1CC(=O)Nc2c1c(C)nn2CC(=O)O. The van der Waals surface area contributed by atoms with Gasteiger partial charge in [0.2, 0.25) is 5.91 Å². The summed E-state index contributed by atoms with van der Waals surface area (Å²) >= 11 is 0. The first-order valence-electron chi connectivity index (χ1n) is 7.26. The summed E-state index contributed by atoms with van der Waals surface area (Å²) in [7, 11) is 0. The lowest BCUT2D eigenvalue weighted by molar-refractivity contribution is -0.137. The lowest BCUT2D eigenvalue weighted by Crippen LogP contribution is -2.26. The van der Waals surface area contributed by atoms with Gasteiger partial charge in [0.15, 0.2) is 0 Å². The van der Waals surface area contributed by atoms with Crippen molar-refractivity contribution in [2.45, 2.75) is 32.7 Å². The average Bonchev–Trinajstić information content (AvgIpc) is 3.07. The summed E-state index contributed by atoms with van der Waals surface area (Å²) in [6.07, 6.45) is 3.78. The fraction of sp³-hybridized carbons (Fsp3) is 0.312. The van der Waals surface area contributed by atoms with Crippen molar-refractivity contribution in [2.75, 3.05) is 5.32 Å². The third-order valence-corrected chi connectivity index (χ3v) is 3.92. The summed E-state index contributed by atoms with van der Waals surface area (Å²) in [5, 5.41) is 16.0. The van der Waals surface area contributed by atoms with Gasteiger partial charge in [-0.25, -0.2) is 4.68 Å². The molecule has 7 nitrogen and oxygen atoms in total. The van der Waals surface area contributed by atoms with Gasteiger partial charge in [-0.05, 0) is 32.1 Å². The second-order valence-electron chi connectivity index (χ2n) is 5.61. The van der Waals surface area contributed by atoms with Crippen molar-refractivity contribution in [1.82, 2.24) is 9.78 Å². The Balaban J connectivity index is 2.03. The zero-order chi connectivity index (χ0) is 16.6. The maximum Gasteiger partial charge on any atom is 0.325 e. The highest BCUT2D eigenvalue weighted by molar-refractivity contribution is 5.95. The number of anilines is 1. The van der Waals surface area contributed by atoms with E-state index in [1.54, 1.807) is 12.3 Å². The van der Waals surface area contributed by atoms with Gasteiger partial charge in [0, 0.05) is 17.9 Å². The van der Waals surface area contributed by atoms with E-state index in [-0.39, 0.29) is 18.4 Å². The molecule has 0 fully saturated rings. The summed E-state index contributed by atoms with van der Waals surface area (Å²) in [5.41, 5.74) is 2.55. The first-order chi connectivity index (χ1) is 11.0. The molecule has 0 aromatic carbocycles. The Kier molecular flexibility index (Phi) is 3.77. The lowest BCUT2D eigenvalue weighted by Gasteiger charge is -2.24. The molecule has 0 saturated heterocycles. The summed E-state index contributed by atoms with van der Waals surface area (Å²) in [6.45, 7) is 3.47. The Hall–Kier alpha value is -2.83. The van der Waals surface area contributed by atoms with Gasteiger partial charge in [0.25, 0.3) is 0 Å². The number of allylic oxidation sites excluding steroid dienone is 1. The zero-order valence-corrected chi connectivity index (χ0v) is 12.9. The first kappa shape index (κ1) is 15.1. The zero-order valence-electron chi connectivity index (χ0n) is 12.9. The molecule has 0 radical (unpaired) electrons. The minimum absolute atomic E-state index is 0.147. The van der Waals surface area contributed by atoms with Gasteiger partial charge in [0.05, 0.1) is 12.0 Å². The van der Waals surface area contributed by atoms with E-state index in [0.717, 1.165) is 16.8 Å². The van der Waals surface area contributed by atoms with Crippen molar-refractivity contribution < 1.29 is 19.1 Å². The van der Waals surface area contributed by atoms with Gasteiger partial charge in [-0.3, -0.25) is 9.59 Å². The summed E-state index contributed by atoms with van der Waals surface area (Å²) < 4.78 is 6.65. The minimum atomic E-state index is -1.01. The predicted octanol–water partition coefficient (Wildman–Crippen LogP) is 2.40. The molecular formula is C16H17N3O4. The summed E-state index contributed by atoms with van der Waals surface area (Å²) in [4.78, 5) is 23.0. The molecule has 23 heavy (non-hydrogen) atoms. The van der Waals surface area contributed by atoms with Crippen LogP contribution in [0.4, 0.5) is 5.82 Å². The number of fused-ring (bicyclic) bond motifs is 1. The smallest absolute Gasteiger partial charge is 0.325 e. The molecular weight excluding hydrogens is 298 g/mol. The number of hydrogen-bond acceptors (Lipinski definition) is 4. The molecule has 0 spiro atoms. The van der Waals surface area contributed by atoms with Crippen LogP contribution in [0.15, 0.2) is 28.4 Å². The molecule has 1 amide bonds. The van der Waals surface area contributed by atoms with Crippen molar-refractivity contribution in [3.8, 4) is 0 Å². The topological polar surface area (TPSA) is 97.4 Å². The van der Waals surface area contributed by atoms with Crippen molar-refractivity contribution in [3.05, 3.63) is 41.0 Å². The Bertz CT molecular complexity index is 787. The molecule has 1 unspecified atom stereocenters. The van der Waals surface area contributed by atoms with E-state index in [1.165, 1.54) is 4.68 Å². The van der Waals surface area contributed by atoms with Gasteiger partial charge < -0.3 is 14.8 Å². The van der Waals surface area contributed by atoms with Crippen LogP contribution in [0.3, 0.4) is 0 Å². The number of nitrogens with zero attached hydrogens (tertiary/aromatic N) is 2. The van der Waals surface area contributed by atoms with Crippen LogP contribution in [0.1, 0.15) is 36.3 Å². The standard InChI is InChI=1S/C16H17N3O4/c1-9(6-11-4-3-5-23-11)12-7-13(20)17-16-15(12)10(2)18-19(16)8-14(21)22/h3-6,12H,7-8H2,1-2H3,(H,17,20)(H,21,22)/b9-6+. The molecule has 1 aliphatic rings. The Labute approximate surface area is 132 Å². The highest BCUT2D eigenvalue weighted by atomic mass is 16.4. The third-order valence-electron chi connectivity index (χ3n) is 3.92. The Morgan fingerprint density at radius 1 is 1.61 bits per heavy atom. The van der Waals surface area contributed by atoms with E-state index in [2.05, 4.69) is 10.4 Å². The number of rotatable bonds is 4. The fourth-order valence-corrected chi connectivity index (χ4v) is 2.94. The molecule has 1 atom stereocenters. The highest BCUT2D eigenvalue weighted by Gasteiger charge is 2.32. The van der Waals surface area contributed by atoms with E-state index in [9.17, 15) is 9.59 Å². The molecule has 120 valence electrons. The number of nitrogens with one attached hydrogen (secondary N) is 1. The largest absolute Gasteiger partial charge is 0.480 e. The molecule has 0 aliphatic carbocycles. The molecule has 2 aromatic rings. The van der Waals surface area contributed by atoms with Crippen molar-refractivity contribution in [2.24, 2.45) is 0 Å². The van der Waals surface area contributed by atoms with Crippen LogP contribution in [0.5, 0.6) is 0 Å². The van der Waals surface area contributed by atoms with Gasteiger partial charge in [-0.1, -0.05) is 5.57 Å². The molecule has 3 rings (SSSR count). The highest BCUT2D eigenvalue weighted by Crippen LogP contribution is 2.39. The second kappa shape index (κ2) is 5.75. The fourth-order valence-electron chi connectivity index (χ4n) is 2.94. The average molecular weight is 315 g/mol. The van der Waals surface area contributed by atoms with Crippen LogP contribution < -0.4 is 5.32 Å². The Morgan fingerprint density at radius 2 is 2.39 bits per heavy atom. The first-order valence-corrected chi connectivity index (χ1v) is 7.26. The van der Waals surface area contributed by atoms with Crippen LogP contribution in [0, 0.1) is 6.92 Å². The maximum absolute atomic E-state index is 12.0. The number of carbonyl (C=O) groups is 2. The van der Waals surface area contributed by atoms with Crippen LogP contribution in [-0.2, 0) is 16.1 Å². The molecule has 1 aliphatic heterocycles. The lowest BCUT2D eigenvalue weighted by atomic mass is 9.86. The van der Waals surface area contributed by atoms with Crippen molar-refractivity contribution in [3.63, 3.8) is 0 Å². The number of amides is 1. The molecule has 2 N–H and O–H groups in total. The van der Waals surface area contributed by atoms with Gasteiger partial charge in [-0.15, -0.1) is 0 Å². The van der Waals surface area contributed by atoms with Crippen LogP contribution >= 0.6 is 0 Å². The van der Waals surface area contributed by atoms with E-state index >= 15 is 0 Å². The summed E-state index contributed by atoms with van der Waals surface area (Å²) in [5.74, 6) is -0.119. The molecule has 2 aromatic heterocycles. The van der Waals surface area contributed by atoms with Crippen molar-refractivity contribution in [1.29, 1.82) is 0 Å². The second-order valence-corrected chi connectivity index (χ2v) is 5.61. The number of aliphatic carboxylic acids is 1. The third kappa shape index (κ3) is 2.90. The molecule has 7 heteroatoms. The number of hydrogen-bond donors (Lipinski definition) is 2. The number of furan rings is 1. The van der Waals surface area contributed by atoms with E-state index in [1.807, 2.05) is 26.0 Å². The van der Waals surface area contributed by atoms with Gasteiger partial charge >= 0.3 is 5.97 Å². The van der Waals surface area contributed by atoms with Gasteiger partial charge in [0.1, 0.15) is 18.1 Å². The Morgan fingerprint density at radius 3 is 3.04 bits per heavy atom. The van der Waals surface area contributed by atoms with Crippen molar-refractivity contribution >= 4 is 23.8 Å². The van der Waals surface area contributed by atoms with Crippen LogP contribution in [0.2, 0.25) is 0 Å². The molecule has 3 heterocycles. The van der Waals surface area contributed by atoms with Crippen LogP contribution in [-0.4, -0.2) is 26.8 Å². The van der Waals surface area contributed by atoms with E-state index in [4.69, 9.17) is 9.52 Å². The van der Waals surface area contributed by atoms with Crippen LogP contribution in [0.25, 0.3) is 6.08 Å². The molecule has 0 saturated carbocycles. The number of carboxylic acids is 1. The van der Waals surface area contributed by atoms with Gasteiger partial charge in [-0.2, -0.15) is 5.10 Å². The normalized spacial score (nSPS) is 17.7.